The van der Waals surface area contributed by atoms with E-state index in [1.165, 1.54) is 16.1 Å². The Labute approximate surface area is 141 Å². The Kier molecular flexibility index (Phi) is 3.52. The Morgan fingerprint density at radius 1 is 1.17 bits per heavy atom. The minimum Gasteiger partial charge on any atom is -0.296 e. The largest absolute Gasteiger partial charge is 0.296 e. The van der Waals surface area contributed by atoms with Crippen LogP contribution >= 0.6 is 22.9 Å². The van der Waals surface area contributed by atoms with Crippen LogP contribution in [0.4, 0.5) is 0 Å². The number of aromatic nitrogens is 3. The number of nitrogens with one attached hydrogen (secondary N) is 1. The molecule has 0 aliphatic carbocycles. The molecular formula is C17H12ClN3OS. The van der Waals surface area contributed by atoms with E-state index in [-0.39, 0.29) is 11.4 Å². The molecule has 4 rings (SSSR count). The summed E-state index contributed by atoms with van der Waals surface area (Å²) in [6.45, 7) is 0. The Bertz CT molecular complexity index is 1030. The molecular weight excluding hydrogens is 330 g/mol. The molecule has 0 fully saturated rings. The second-order valence-electron chi connectivity index (χ2n) is 5.13. The summed E-state index contributed by atoms with van der Waals surface area (Å²) >= 11 is 7.46. The third-order valence-corrected chi connectivity index (χ3v) is 4.90. The summed E-state index contributed by atoms with van der Waals surface area (Å²) in [6.07, 6.45) is 1.81. The highest BCUT2D eigenvalue weighted by Gasteiger charge is 2.13. The van der Waals surface area contributed by atoms with Crippen molar-refractivity contribution < 1.29 is 0 Å². The van der Waals surface area contributed by atoms with Gasteiger partial charge in [-0.1, -0.05) is 30.3 Å². The van der Waals surface area contributed by atoms with Gasteiger partial charge in [0, 0.05) is 17.1 Å². The third kappa shape index (κ3) is 2.48. The first-order valence-corrected chi connectivity index (χ1v) is 8.48. The fraction of sp³-hybridized carbons (Fsp3) is 0.0588. The van der Waals surface area contributed by atoms with Crippen molar-refractivity contribution >= 4 is 28.6 Å². The van der Waals surface area contributed by atoms with Crippen molar-refractivity contribution in [2.45, 2.75) is 5.88 Å². The molecule has 3 heterocycles. The first-order valence-electron chi connectivity index (χ1n) is 7.06. The molecule has 0 saturated heterocycles. The summed E-state index contributed by atoms with van der Waals surface area (Å²) < 4.78 is 1.44. The number of thiophene rings is 1. The number of halogens is 1. The van der Waals surface area contributed by atoms with Gasteiger partial charge in [0.2, 0.25) is 0 Å². The van der Waals surface area contributed by atoms with E-state index < -0.39 is 0 Å². The number of H-pyrrole nitrogens is 1. The Hall–Kier alpha value is -2.37. The Balaban J connectivity index is 1.86. The van der Waals surface area contributed by atoms with E-state index in [4.69, 9.17) is 11.6 Å². The smallest absolute Gasteiger partial charge is 0.272 e. The van der Waals surface area contributed by atoms with Gasteiger partial charge in [-0.3, -0.25) is 9.89 Å². The molecule has 0 aliphatic rings. The van der Waals surface area contributed by atoms with Gasteiger partial charge < -0.3 is 0 Å². The molecule has 0 spiro atoms. The van der Waals surface area contributed by atoms with Crippen LogP contribution in [0.1, 0.15) is 5.69 Å². The van der Waals surface area contributed by atoms with Gasteiger partial charge in [0.15, 0.2) is 5.65 Å². The van der Waals surface area contributed by atoms with Crippen molar-refractivity contribution in [3.05, 3.63) is 70.1 Å². The summed E-state index contributed by atoms with van der Waals surface area (Å²) in [5, 5.41) is 5.07. The molecule has 0 amide bonds. The summed E-state index contributed by atoms with van der Waals surface area (Å²) in [6, 6.07) is 13.8. The van der Waals surface area contributed by atoms with Gasteiger partial charge in [-0.05, 0) is 22.6 Å². The number of rotatable bonds is 3. The Morgan fingerprint density at radius 2 is 2.00 bits per heavy atom. The van der Waals surface area contributed by atoms with Crippen LogP contribution in [0.2, 0.25) is 0 Å². The number of aromatic amines is 1. The zero-order valence-corrected chi connectivity index (χ0v) is 13.6. The average Bonchev–Trinajstić information content (AvgIpc) is 3.22. The molecule has 0 unspecified atom stereocenters. The van der Waals surface area contributed by atoms with E-state index in [0.717, 1.165) is 16.0 Å². The first kappa shape index (κ1) is 14.2. The monoisotopic (exact) mass is 341 g/mol. The van der Waals surface area contributed by atoms with Crippen molar-refractivity contribution in [3.63, 3.8) is 0 Å². The molecule has 0 atom stereocenters. The minimum absolute atomic E-state index is 0.156. The molecule has 0 saturated carbocycles. The van der Waals surface area contributed by atoms with Crippen LogP contribution in [0, 0.1) is 0 Å². The highest BCUT2D eigenvalue weighted by atomic mass is 35.5. The summed E-state index contributed by atoms with van der Waals surface area (Å²) in [5.41, 5.74) is 4.26. The summed E-state index contributed by atoms with van der Waals surface area (Å²) in [5.74, 6) is 0.218. The average molecular weight is 342 g/mol. The predicted octanol–water partition coefficient (Wildman–Crippen LogP) is 4.16. The van der Waals surface area contributed by atoms with Crippen molar-refractivity contribution in [1.29, 1.82) is 0 Å². The van der Waals surface area contributed by atoms with Crippen LogP contribution in [0.3, 0.4) is 0 Å². The van der Waals surface area contributed by atoms with E-state index in [9.17, 15) is 4.79 Å². The van der Waals surface area contributed by atoms with E-state index in [0.29, 0.717) is 11.3 Å². The van der Waals surface area contributed by atoms with Gasteiger partial charge >= 0.3 is 0 Å². The number of hydrogen-bond acceptors (Lipinski definition) is 3. The van der Waals surface area contributed by atoms with Crippen molar-refractivity contribution in [3.8, 4) is 21.6 Å². The normalized spacial score (nSPS) is 11.2. The number of alkyl halides is 1. The lowest BCUT2D eigenvalue weighted by atomic mass is 10.1. The molecule has 0 aliphatic heterocycles. The summed E-state index contributed by atoms with van der Waals surface area (Å²) in [4.78, 5) is 17.6. The maximum atomic E-state index is 12.1. The third-order valence-electron chi connectivity index (χ3n) is 3.66. The number of hydrogen-bond donors (Lipinski definition) is 1. The van der Waals surface area contributed by atoms with Crippen LogP contribution in [0.25, 0.3) is 27.2 Å². The summed E-state index contributed by atoms with van der Waals surface area (Å²) in [7, 11) is 0. The second kappa shape index (κ2) is 5.68. The maximum absolute atomic E-state index is 12.1. The van der Waals surface area contributed by atoms with Crippen molar-refractivity contribution in [2.75, 3.05) is 0 Å². The van der Waals surface area contributed by atoms with E-state index in [1.807, 2.05) is 24.4 Å². The van der Waals surface area contributed by atoms with Gasteiger partial charge in [0.1, 0.15) is 0 Å². The van der Waals surface area contributed by atoms with Crippen LogP contribution in [-0.2, 0) is 5.88 Å². The van der Waals surface area contributed by atoms with Gasteiger partial charge in [-0.25, -0.2) is 9.50 Å². The standard InChI is InChI=1S/C17H12ClN3OS/c18-8-13-7-16(22)21-17(20-13)14(9-19-21)15-6-12(10-23-15)11-4-2-1-3-5-11/h1-7,9-10,19H,8H2. The predicted molar refractivity (Wildman–Crippen MR) is 94.1 cm³/mol. The van der Waals surface area contributed by atoms with Gasteiger partial charge in [-0.2, -0.15) is 0 Å². The zero-order valence-electron chi connectivity index (χ0n) is 12.0. The topological polar surface area (TPSA) is 50.2 Å². The lowest BCUT2D eigenvalue weighted by Crippen LogP contribution is -2.15. The number of nitrogens with zero attached hydrogens (tertiary/aromatic N) is 2. The SMILES string of the molecule is O=c1cc(CCl)nc2c(-c3cc(-c4ccccc4)cs3)c[nH]n12. The molecule has 0 radical (unpaired) electrons. The molecule has 4 aromatic rings. The maximum Gasteiger partial charge on any atom is 0.272 e. The van der Waals surface area contributed by atoms with Crippen molar-refractivity contribution in [2.24, 2.45) is 0 Å². The quantitative estimate of drug-likeness (QED) is 0.569. The minimum atomic E-state index is -0.156. The second-order valence-corrected chi connectivity index (χ2v) is 6.31. The van der Waals surface area contributed by atoms with E-state index in [1.54, 1.807) is 11.3 Å². The fourth-order valence-corrected chi connectivity index (χ4v) is 3.61. The van der Waals surface area contributed by atoms with E-state index in [2.05, 4.69) is 33.7 Å². The highest BCUT2D eigenvalue weighted by molar-refractivity contribution is 7.14. The van der Waals surface area contributed by atoms with Crippen LogP contribution < -0.4 is 5.56 Å². The first-order chi connectivity index (χ1) is 11.3. The molecule has 114 valence electrons. The molecule has 1 N–H and O–H groups in total. The molecule has 6 heteroatoms. The number of benzene rings is 1. The Morgan fingerprint density at radius 3 is 2.78 bits per heavy atom. The van der Waals surface area contributed by atoms with Crippen LogP contribution in [0.15, 0.2) is 58.8 Å². The molecule has 4 nitrogen and oxygen atoms in total. The highest BCUT2D eigenvalue weighted by Crippen LogP contribution is 2.33. The zero-order chi connectivity index (χ0) is 15.8. The van der Waals surface area contributed by atoms with Crippen molar-refractivity contribution in [1.82, 2.24) is 14.6 Å². The van der Waals surface area contributed by atoms with Crippen LogP contribution in [0.5, 0.6) is 0 Å². The van der Waals surface area contributed by atoms with Gasteiger partial charge in [0.25, 0.3) is 5.56 Å². The lowest BCUT2D eigenvalue weighted by Gasteiger charge is -1.98. The van der Waals surface area contributed by atoms with Gasteiger partial charge in [0.05, 0.1) is 17.1 Å². The fourth-order valence-electron chi connectivity index (χ4n) is 2.54. The number of fused-ring (bicyclic) bond motifs is 1. The van der Waals surface area contributed by atoms with E-state index >= 15 is 0 Å². The lowest BCUT2D eigenvalue weighted by molar-refractivity contribution is 0.888. The van der Waals surface area contributed by atoms with Gasteiger partial charge in [-0.15, -0.1) is 22.9 Å². The molecule has 1 aromatic carbocycles. The van der Waals surface area contributed by atoms with Crippen LogP contribution in [-0.4, -0.2) is 14.6 Å². The molecule has 3 aromatic heterocycles. The molecule has 23 heavy (non-hydrogen) atoms. The molecule has 0 bridgehead atoms.